The zero-order valence-corrected chi connectivity index (χ0v) is 13.8. The third-order valence-electron chi connectivity index (χ3n) is 4.31. The lowest BCUT2D eigenvalue weighted by Crippen LogP contribution is -2.40. The lowest BCUT2D eigenvalue weighted by atomic mass is 9.88. The van der Waals surface area contributed by atoms with Crippen molar-refractivity contribution in [3.63, 3.8) is 0 Å². The number of benzene rings is 1. The molecule has 1 aliphatic heterocycles. The van der Waals surface area contributed by atoms with Gasteiger partial charge in [-0.3, -0.25) is 4.90 Å². The summed E-state index contributed by atoms with van der Waals surface area (Å²) in [5, 5.41) is 1.52. The Hall–Kier alpha value is -0.280. The predicted molar refractivity (Wildman–Crippen MR) is 87.4 cm³/mol. The van der Waals surface area contributed by atoms with E-state index in [0.717, 1.165) is 28.6 Å². The summed E-state index contributed by atoms with van der Waals surface area (Å²) in [4.78, 5) is 2.51. The van der Waals surface area contributed by atoms with Crippen LogP contribution < -0.4 is 5.73 Å². The van der Waals surface area contributed by atoms with Crippen LogP contribution in [0.2, 0.25) is 10.0 Å². The second-order valence-corrected chi connectivity index (χ2v) is 6.72. The van der Waals surface area contributed by atoms with Gasteiger partial charge in [0.15, 0.2) is 0 Å². The maximum atomic E-state index is 6.46. The molecule has 4 heteroatoms. The Morgan fingerprint density at radius 1 is 1.25 bits per heavy atom. The highest BCUT2D eigenvalue weighted by atomic mass is 35.5. The Balaban J connectivity index is 2.49. The zero-order valence-electron chi connectivity index (χ0n) is 12.3. The third-order valence-corrected chi connectivity index (χ3v) is 4.97. The van der Waals surface area contributed by atoms with Gasteiger partial charge in [-0.15, -0.1) is 0 Å². The largest absolute Gasteiger partial charge is 0.330 e. The van der Waals surface area contributed by atoms with Gasteiger partial charge in [-0.1, -0.05) is 35.7 Å². The summed E-state index contributed by atoms with van der Waals surface area (Å²) >= 11 is 12.9. The lowest BCUT2D eigenvalue weighted by Gasteiger charge is -2.38. The van der Waals surface area contributed by atoms with Gasteiger partial charge in [0.1, 0.15) is 0 Å². The van der Waals surface area contributed by atoms with Gasteiger partial charge in [-0.05, 0) is 57.8 Å². The van der Waals surface area contributed by atoms with Crippen molar-refractivity contribution < 1.29 is 0 Å². The molecule has 0 saturated carbocycles. The first-order valence-electron chi connectivity index (χ1n) is 7.46. The molecule has 1 fully saturated rings. The first kappa shape index (κ1) is 16.1. The molecule has 0 amide bonds. The van der Waals surface area contributed by atoms with Crippen LogP contribution in [0.3, 0.4) is 0 Å². The van der Waals surface area contributed by atoms with Gasteiger partial charge < -0.3 is 5.73 Å². The summed E-state index contributed by atoms with van der Waals surface area (Å²) in [6, 6.07) is 6.45. The van der Waals surface area contributed by atoms with E-state index in [-0.39, 0.29) is 6.04 Å². The van der Waals surface area contributed by atoms with Crippen LogP contribution in [0.4, 0.5) is 0 Å². The van der Waals surface area contributed by atoms with Gasteiger partial charge in [0.05, 0.1) is 0 Å². The van der Waals surface area contributed by atoms with Gasteiger partial charge in [-0.25, -0.2) is 0 Å². The Morgan fingerprint density at radius 2 is 1.90 bits per heavy atom. The van der Waals surface area contributed by atoms with Gasteiger partial charge in [0, 0.05) is 27.7 Å². The van der Waals surface area contributed by atoms with Crippen LogP contribution in [-0.4, -0.2) is 24.0 Å². The molecule has 2 nitrogen and oxygen atoms in total. The third kappa shape index (κ3) is 3.30. The topological polar surface area (TPSA) is 29.3 Å². The van der Waals surface area contributed by atoms with E-state index in [4.69, 9.17) is 28.9 Å². The summed E-state index contributed by atoms with van der Waals surface area (Å²) in [6.07, 6.45) is 3.59. The fraction of sp³-hybridized carbons (Fsp3) is 0.625. The molecule has 2 N–H and O–H groups in total. The van der Waals surface area contributed by atoms with Crippen LogP contribution in [0.15, 0.2) is 18.2 Å². The minimum absolute atomic E-state index is 0.226. The molecule has 1 saturated heterocycles. The smallest absolute Gasteiger partial charge is 0.0468 e. The number of nitrogens with two attached hydrogens (primary N) is 1. The molecule has 1 aliphatic rings. The SMILES string of the molecule is CC(C)N1CCCCC(CN)C1c1c(Cl)cccc1Cl. The highest BCUT2D eigenvalue weighted by molar-refractivity contribution is 6.36. The van der Waals surface area contributed by atoms with Gasteiger partial charge in [0.2, 0.25) is 0 Å². The number of halogens is 2. The Kier molecular flexibility index (Phi) is 5.74. The van der Waals surface area contributed by atoms with Crippen LogP contribution in [-0.2, 0) is 0 Å². The number of likely N-dealkylation sites (tertiary alicyclic amines) is 1. The van der Waals surface area contributed by atoms with Crippen molar-refractivity contribution in [2.24, 2.45) is 11.7 Å². The Labute approximate surface area is 132 Å². The molecule has 2 rings (SSSR count). The van der Waals surface area contributed by atoms with E-state index >= 15 is 0 Å². The molecule has 1 aromatic carbocycles. The van der Waals surface area contributed by atoms with E-state index in [1.54, 1.807) is 0 Å². The van der Waals surface area contributed by atoms with E-state index in [2.05, 4.69) is 18.7 Å². The molecular weight excluding hydrogens is 291 g/mol. The maximum absolute atomic E-state index is 6.46. The summed E-state index contributed by atoms with van der Waals surface area (Å²) in [5.41, 5.74) is 7.11. The first-order valence-corrected chi connectivity index (χ1v) is 8.21. The second kappa shape index (κ2) is 7.13. The number of hydrogen-bond donors (Lipinski definition) is 1. The van der Waals surface area contributed by atoms with Gasteiger partial charge in [0.25, 0.3) is 0 Å². The van der Waals surface area contributed by atoms with E-state index < -0.39 is 0 Å². The molecule has 1 aromatic rings. The molecule has 1 heterocycles. The summed E-state index contributed by atoms with van der Waals surface area (Å²) in [7, 11) is 0. The van der Waals surface area contributed by atoms with Crippen molar-refractivity contribution in [3.8, 4) is 0 Å². The van der Waals surface area contributed by atoms with Crippen molar-refractivity contribution in [1.82, 2.24) is 4.90 Å². The van der Waals surface area contributed by atoms with E-state index in [0.29, 0.717) is 18.5 Å². The van der Waals surface area contributed by atoms with Crippen molar-refractivity contribution >= 4 is 23.2 Å². The zero-order chi connectivity index (χ0) is 14.7. The highest BCUT2D eigenvalue weighted by Gasteiger charge is 2.34. The second-order valence-electron chi connectivity index (χ2n) is 5.90. The highest BCUT2D eigenvalue weighted by Crippen LogP contribution is 2.42. The summed E-state index contributed by atoms with van der Waals surface area (Å²) < 4.78 is 0. The monoisotopic (exact) mass is 314 g/mol. The molecule has 2 unspecified atom stereocenters. The van der Waals surface area contributed by atoms with Crippen LogP contribution in [0, 0.1) is 5.92 Å². The quantitative estimate of drug-likeness (QED) is 0.889. The Bertz CT molecular complexity index is 428. The average Bonchev–Trinajstić information content (AvgIpc) is 2.61. The predicted octanol–water partition coefficient (Wildman–Crippen LogP) is 4.50. The van der Waals surface area contributed by atoms with E-state index in [1.807, 2.05) is 18.2 Å². The fourth-order valence-electron chi connectivity index (χ4n) is 3.29. The average molecular weight is 315 g/mol. The molecule has 2 atom stereocenters. The molecule has 0 radical (unpaired) electrons. The lowest BCUT2D eigenvalue weighted by molar-refractivity contribution is 0.121. The van der Waals surface area contributed by atoms with E-state index in [1.165, 1.54) is 12.8 Å². The van der Waals surface area contributed by atoms with Crippen molar-refractivity contribution in [1.29, 1.82) is 0 Å². The van der Waals surface area contributed by atoms with Gasteiger partial charge in [-0.2, -0.15) is 0 Å². The summed E-state index contributed by atoms with van der Waals surface area (Å²) in [6.45, 7) is 6.23. The first-order chi connectivity index (χ1) is 9.56. The number of hydrogen-bond acceptors (Lipinski definition) is 2. The van der Waals surface area contributed by atoms with Crippen LogP contribution in [0.25, 0.3) is 0 Å². The molecule has 0 spiro atoms. The molecule has 0 aromatic heterocycles. The van der Waals surface area contributed by atoms with Gasteiger partial charge >= 0.3 is 0 Å². The van der Waals surface area contributed by atoms with Crippen molar-refractivity contribution in [2.45, 2.75) is 45.2 Å². The molecule has 112 valence electrons. The minimum atomic E-state index is 0.226. The molecule has 0 bridgehead atoms. The number of rotatable bonds is 3. The molecule has 20 heavy (non-hydrogen) atoms. The fourth-order valence-corrected chi connectivity index (χ4v) is 3.91. The minimum Gasteiger partial charge on any atom is -0.330 e. The van der Waals surface area contributed by atoms with Crippen LogP contribution in [0.1, 0.15) is 44.7 Å². The summed E-state index contributed by atoms with van der Waals surface area (Å²) in [5.74, 6) is 0.414. The van der Waals surface area contributed by atoms with Crippen molar-refractivity contribution in [2.75, 3.05) is 13.1 Å². The van der Waals surface area contributed by atoms with Crippen molar-refractivity contribution in [3.05, 3.63) is 33.8 Å². The molecular formula is C16H24Cl2N2. The van der Waals surface area contributed by atoms with Crippen LogP contribution in [0.5, 0.6) is 0 Å². The normalized spacial score (nSPS) is 24.9. The maximum Gasteiger partial charge on any atom is 0.0468 e. The van der Waals surface area contributed by atoms with Crippen LogP contribution >= 0.6 is 23.2 Å². The number of nitrogens with zero attached hydrogens (tertiary/aromatic N) is 1. The standard InChI is InChI=1S/C16H24Cl2N2/c1-11(2)20-9-4-3-6-12(10-19)16(20)15-13(17)7-5-8-14(15)18/h5,7-8,11-12,16H,3-4,6,9-10,19H2,1-2H3. The van der Waals surface area contributed by atoms with E-state index in [9.17, 15) is 0 Å². The molecule has 0 aliphatic carbocycles. The Morgan fingerprint density at radius 3 is 2.45 bits per heavy atom.